The van der Waals surface area contributed by atoms with Crippen LogP contribution in [0.1, 0.15) is 52.9 Å². The normalized spacial score (nSPS) is 43.3. The molecule has 0 spiro atoms. The first-order chi connectivity index (χ1) is 15.5. The van der Waals surface area contributed by atoms with Gasteiger partial charge in [0.1, 0.15) is 11.3 Å². The molecule has 1 unspecified atom stereocenters. The van der Waals surface area contributed by atoms with Crippen LogP contribution in [0.2, 0.25) is 0 Å². The Labute approximate surface area is 193 Å². The molecule has 4 aliphatic carbocycles. The molecule has 5 aliphatic rings. The molecule has 0 radical (unpaired) electrons. The zero-order valence-corrected chi connectivity index (χ0v) is 19.3. The summed E-state index contributed by atoms with van der Waals surface area (Å²) in [6, 6.07) is 0. The molecule has 0 saturated heterocycles. The second kappa shape index (κ2) is 7.31. The first-order valence-electron chi connectivity index (χ1n) is 11.8. The molecular weight excluding hydrogens is 422 g/mol. The molecule has 1 aliphatic heterocycles. The monoisotopic (exact) mass is 453 g/mol. The number of esters is 1. The van der Waals surface area contributed by atoms with Crippen molar-refractivity contribution in [3.05, 3.63) is 35.6 Å². The van der Waals surface area contributed by atoms with E-state index in [1.807, 2.05) is 13.8 Å². The third-order valence-corrected chi connectivity index (χ3v) is 9.63. The highest BCUT2D eigenvalue weighted by Crippen LogP contribution is 2.68. The van der Waals surface area contributed by atoms with Crippen LogP contribution in [0.5, 0.6) is 0 Å². The molecule has 0 amide bonds. The molecule has 176 valence electrons. The molecule has 7 heteroatoms. The van der Waals surface area contributed by atoms with Gasteiger partial charge in [-0.15, -0.1) is 0 Å². The fraction of sp³-hybridized carbons (Fsp3) is 0.615. The van der Waals surface area contributed by atoms with Gasteiger partial charge in [-0.25, -0.2) is 9.79 Å². The van der Waals surface area contributed by atoms with Crippen molar-refractivity contribution in [2.75, 3.05) is 6.61 Å². The molecule has 3 saturated carbocycles. The van der Waals surface area contributed by atoms with E-state index in [9.17, 15) is 24.6 Å². The minimum absolute atomic E-state index is 0.00676. The number of ether oxygens (including phenoxy) is 1. The summed E-state index contributed by atoms with van der Waals surface area (Å²) in [6.45, 7) is 5.49. The summed E-state index contributed by atoms with van der Waals surface area (Å²) in [5.41, 5.74) is -0.646. The number of Topliss-reactive ketones (excluding diaryl/α,β-unsaturated/α-hetero) is 1. The van der Waals surface area contributed by atoms with Crippen LogP contribution < -0.4 is 0 Å². The zero-order valence-electron chi connectivity index (χ0n) is 19.3. The molecule has 3 fully saturated rings. The van der Waals surface area contributed by atoms with Crippen molar-refractivity contribution in [3.8, 4) is 0 Å². The highest BCUT2D eigenvalue weighted by molar-refractivity contribution is 6.43. The van der Waals surface area contributed by atoms with Gasteiger partial charge < -0.3 is 14.9 Å². The number of fused-ring (bicyclic) bond motifs is 5. The highest BCUT2D eigenvalue weighted by Gasteiger charge is 2.68. The van der Waals surface area contributed by atoms with Gasteiger partial charge in [0.15, 0.2) is 12.4 Å². The fourth-order valence-electron chi connectivity index (χ4n) is 7.74. The Morgan fingerprint density at radius 3 is 2.64 bits per heavy atom. The molecular formula is C26H31NO6. The molecule has 1 heterocycles. The van der Waals surface area contributed by atoms with E-state index in [4.69, 9.17) is 4.74 Å². The predicted molar refractivity (Wildman–Crippen MR) is 120 cm³/mol. The second-order valence-corrected chi connectivity index (χ2v) is 10.9. The average Bonchev–Trinajstić information content (AvgIpc) is 2.97. The lowest BCUT2D eigenvalue weighted by Crippen LogP contribution is -2.62. The van der Waals surface area contributed by atoms with Gasteiger partial charge in [0, 0.05) is 22.9 Å². The van der Waals surface area contributed by atoms with Gasteiger partial charge in [-0.3, -0.25) is 9.59 Å². The molecule has 7 atom stereocenters. The quantitative estimate of drug-likeness (QED) is 0.632. The van der Waals surface area contributed by atoms with E-state index >= 15 is 0 Å². The Morgan fingerprint density at radius 1 is 1.24 bits per heavy atom. The van der Waals surface area contributed by atoms with Crippen LogP contribution in [0.15, 0.2) is 40.6 Å². The van der Waals surface area contributed by atoms with Gasteiger partial charge >= 0.3 is 5.97 Å². The van der Waals surface area contributed by atoms with E-state index in [1.165, 1.54) is 12.3 Å². The number of nitrogens with zero attached hydrogens (tertiary/aromatic N) is 1. The van der Waals surface area contributed by atoms with Crippen LogP contribution in [-0.2, 0) is 19.1 Å². The molecule has 0 aromatic heterocycles. The summed E-state index contributed by atoms with van der Waals surface area (Å²) in [7, 11) is 0. The van der Waals surface area contributed by atoms with Crippen LogP contribution in [0.3, 0.4) is 0 Å². The second-order valence-electron chi connectivity index (χ2n) is 10.9. The summed E-state index contributed by atoms with van der Waals surface area (Å²) in [4.78, 5) is 41.1. The van der Waals surface area contributed by atoms with Crippen molar-refractivity contribution in [1.82, 2.24) is 0 Å². The molecule has 33 heavy (non-hydrogen) atoms. The first-order valence-corrected chi connectivity index (χ1v) is 11.8. The smallest absolute Gasteiger partial charge is 0.357 e. The lowest BCUT2D eigenvalue weighted by atomic mass is 9.45. The SMILES string of the molecule is CC1=CC(=O)C=C2CC[C@@H]3[C@H](C(O)C[C@@]4(C)[C@H]3CC[C@]4(O)C(=O)COC(=O)C3=NC=C3)[C@@]12C. The molecule has 5 rings (SSSR count). The van der Waals surface area contributed by atoms with Crippen LogP contribution in [-0.4, -0.2) is 51.8 Å². The van der Waals surface area contributed by atoms with Crippen molar-refractivity contribution >= 4 is 23.2 Å². The van der Waals surface area contributed by atoms with E-state index in [2.05, 4.69) is 11.9 Å². The largest absolute Gasteiger partial charge is 0.453 e. The minimum Gasteiger partial charge on any atom is -0.453 e. The van der Waals surface area contributed by atoms with Crippen LogP contribution in [0.25, 0.3) is 0 Å². The van der Waals surface area contributed by atoms with Crippen LogP contribution in [0.4, 0.5) is 0 Å². The first kappa shape index (κ1) is 22.4. The maximum atomic E-state index is 13.2. The van der Waals surface area contributed by atoms with Crippen molar-refractivity contribution in [2.24, 2.45) is 33.6 Å². The Bertz CT molecular complexity index is 1070. The summed E-state index contributed by atoms with van der Waals surface area (Å²) in [5, 5.41) is 23.1. The number of hydrogen-bond donors (Lipinski definition) is 2. The molecule has 0 bridgehead atoms. The average molecular weight is 454 g/mol. The van der Waals surface area contributed by atoms with Crippen molar-refractivity contribution in [3.63, 3.8) is 0 Å². The van der Waals surface area contributed by atoms with Crippen LogP contribution >= 0.6 is 0 Å². The third-order valence-electron chi connectivity index (χ3n) is 9.63. The number of carbonyl (C=O) groups is 3. The van der Waals surface area contributed by atoms with E-state index in [0.29, 0.717) is 6.42 Å². The van der Waals surface area contributed by atoms with Gasteiger partial charge in [0.05, 0.1) is 6.10 Å². The van der Waals surface area contributed by atoms with Gasteiger partial charge in [0.25, 0.3) is 0 Å². The van der Waals surface area contributed by atoms with E-state index in [-0.39, 0.29) is 42.1 Å². The predicted octanol–water partition coefficient (Wildman–Crippen LogP) is 2.47. The summed E-state index contributed by atoms with van der Waals surface area (Å²) in [5.74, 6) is -1.08. The molecule has 0 aromatic rings. The van der Waals surface area contributed by atoms with Crippen molar-refractivity contribution < 1.29 is 29.3 Å². The Morgan fingerprint density at radius 2 is 1.97 bits per heavy atom. The van der Waals surface area contributed by atoms with E-state index < -0.39 is 40.9 Å². The van der Waals surface area contributed by atoms with E-state index in [1.54, 1.807) is 12.2 Å². The maximum Gasteiger partial charge on any atom is 0.357 e. The minimum atomic E-state index is -1.66. The number of hydrogen-bond acceptors (Lipinski definition) is 7. The van der Waals surface area contributed by atoms with Gasteiger partial charge in [0.2, 0.25) is 5.78 Å². The lowest BCUT2D eigenvalue weighted by Gasteiger charge is -2.60. The Hall–Kier alpha value is -2.38. The number of allylic oxidation sites excluding steroid dienone is 4. The molecule has 7 nitrogen and oxygen atoms in total. The number of aliphatic imine (C=N–C) groups is 1. The standard InChI is InChI=1S/C26H31NO6/c1-14-10-16(28)11-15-4-5-17-18-6-8-26(32,21(30)13-33-23(31)19-7-9-27-19)24(18,2)12-20(29)22(17)25(14,15)3/h7,9-11,17-18,20,22,29,32H,4-6,8,12-13H2,1-3H3/t17-,18-,20?,22+,24-,25-,26-/m0/s1. The summed E-state index contributed by atoms with van der Waals surface area (Å²) < 4.78 is 5.11. The fourth-order valence-corrected chi connectivity index (χ4v) is 7.74. The van der Waals surface area contributed by atoms with Gasteiger partial charge in [-0.05, 0) is 69.1 Å². The maximum absolute atomic E-state index is 13.2. The van der Waals surface area contributed by atoms with Gasteiger partial charge in [-0.1, -0.05) is 25.0 Å². The number of carbonyl (C=O) groups excluding carboxylic acids is 3. The lowest BCUT2D eigenvalue weighted by molar-refractivity contribution is -0.181. The third kappa shape index (κ3) is 2.94. The Balaban J connectivity index is 1.41. The summed E-state index contributed by atoms with van der Waals surface area (Å²) >= 11 is 0. The van der Waals surface area contributed by atoms with Crippen LogP contribution in [0, 0.1) is 28.6 Å². The Kier molecular flexibility index (Phi) is 4.96. The number of aliphatic hydroxyl groups is 2. The van der Waals surface area contributed by atoms with Crippen molar-refractivity contribution in [1.29, 1.82) is 0 Å². The molecule has 0 aromatic carbocycles. The van der Waals surface area contributed by atoms with Crippen molar-refractivity contribution in [2.45, 2.75) is 64.6 Å². The zero-order chi connectivity index (χ0) is 23.8. The number of ketones is 2. The number of aliphatic hydroxyl groups excluding tert-OH is 1. The number of rotatable bonds is 4. The summed E-state index contributed by atoms with van der Waals surface area (Å²) in [6.07, 6.45) is 8.49. The highest BCUT2D eigenvalue weighted by atomic mass is 16.5. The topological polar surface area (TPSA) is 113 Å². The van der Waals surface area contributed by atoms with E-state index in [0.717, 1.165) is 24.0 Å². The van der Waals surface area contributed by atoms with Gasteiger partial charge in [-0.2, -0.15) is 0 Å². The molecule has 2 N–H and O–H groups in total.